The van der Waals surface area contributed by atoms with Gasteiger partial charge in [0, 0.05) is 13.7 Å². The van der Waals surface area contributed by atoms with Gasteiger partial charge in [0.05, 0.1) is 18.3 Å². The molecule has 0 bridgehead atoms. The largest absolute Gasteiger partial charge is 0.376 e. The topological polar surface area (TPSA) is 47.8 Å². The first kappa shape index (κ1) is 11.0. The van der Waals surface area contributed by atoms with Crippen LogP contribution in [0.2, 0.25) is 0 Å². The predicted molar refractivity (Wildman–Crippen MR) is 67.6 cm³/mol. The molecule has 2 aromatic heterocycles. The number of ether oxygens (including phenoxy) is 1. The van der Waals surface area contributed by atoms with E-state index in [-0.39, 0.29) is 6.10 Å². The summed E-state index contributed by atoms with van der Waals surface area (Å²) in [6.45, 7) is 3.68. The highest BCUT2D eigenvalue weighted by molar-refractivity contribution is 7.71. The Balaban J connectivity index is 2.07. The fourth-order valence-corrected chi connectivity index (χ4v) is 2.80. The number of rotatable bonds is 2. The highest BCUT2D eigenvalue weighted by Gasteiger charge is 2.19. The summed E-state index contributed by atoms with van der Waals surface area (Å²) in [5, 5.41) is 4.40. The number of fused-ring (bicyclic) bond motifs is 1. The lowest BCUT2D eigenvalue weighted by Crippen LogP contribution is -2.16. The van der Waals surface area contributed by atoms with Gasteiger partial charge in [0.1, 0.15) is 5.52 Å². The minimum absolute atomic E-state index is 0.288. The van der Waals surface area contributed by atoms with E-state index in [0.29, 0.717) is 0 Å². The van der Waals surface area contributed by atoms with Gasteiger partial charge in [0.15, 0.2) is 10.4 Å². The van der Waals surface area contributed by atoms with Crippen molar-refractivity contribution in [2.75, 3.05) is 6.61 Å². The van der Waals surface area contributed by atoms with Gasteiger partial charge in [-0.25, -0.2) is 0 Å². The van der Waals surface area contributed by atoms with Gasteiger partial charge in [-0.3, -0.25) is 9.25 Å². The summed E-state index contributed by atoms with van der Waals surface area (Å²) < 4.78 is 10.4. The number of imidazole rings is 1. The Morgan fingerprint density at radius 1 is 1.59 bits per heavy atom. The van der Waals surface area contributed by atoms with Crippen molar-refractivity contribution < 1.29 is 4.74 Å². The molecule has 1 fully saturated rings. The third-order valence-electron chi connectivity index (χ3n) is 3.33. The van der Waals surface area contributed by atoms with Crippen molar-refractivity contribution in [1.82, 2.24) is 19.3 Å². The van der Waals surface area contributed by atoms with Gasteiger partial charge < -0.3 is 9.72 Å². The fourth-order valence-electron chi connectivity index (χ4n) is 2.53. The molecule has 1 atom stereocenters. The van der Waals surface area contributed by atoms with Crippen LogP contribution in [0, 0.1) is 11.7 Å². The average molecular weight is 252 g/mol. The summed E-state index contributed by atoms with van der Waals surface area (Å²) in [6, 6.07) is 0. The van der Waals surface area contributed by atoms with Crippen LogP contribution in [0.3, 0.4) is 0 Å². The highest BCUT2D eigenvalue weighted by Crippen LogP contribution is 2.20. The molecule has 1 unspecified atom stereocenters. The lowest BCUT2D eigenvalue weighted by molar-refractivity contribution is 0.0973. The van der Waals surface area contributed by atoms with E-state index in [1.807, 2.05) is 18.7 Å². The summed E-state index contributed by atoms with van der Waals surface area (Å²) >= 11 is 5.37. The third-order valence-corrected chi connectivity index (χ3v) is 3.66. The number of nitrogens with zero attached hydrogens (tertiary/aromatic N) is 3. The molecule has 1 N–H and O–H groups in total. The third kappa shape index (κ3) is 1.71. The van der Waals surface area contributed by atoms with Gasteiger partial charge in [0.25, 0.3) is 0 Å². The first-order valence-corrected chi connectivity index (χ1v) is 6.31. The summed E-state index contributed by atoms with van der Waals surface area (Å²) in [5.74, 6) is 0. The zero-order valence-corrected chi connectivity index (χ0v) is 10.9. The van der Waals surface area contributed by atoms with E-state index in [1.54, 1.807) is 0 Å². The van der Waals surface area contributed by atoms with E-state index in [2.05, 4.69) is 14.6 Å². The molecule has 5 nitrogen and oxygen atoms in total. The van der Waals surface area contributed by atoms with E-state index in [0.717, 1.165) is 47.6 Å². The molecule has 0 radical (unpaired) electrons. The molecule has 3 rings (SSSR count). The molecule has 0 amide bonds. The molecule has 17 heavy (non-hydrogen) atoms. The van der Waals surface area contributed by atoms with Crippen LogP contribution >= 0.6 is 12.2 Å². The van der Waals surface area contributed by atoms with E-state index in [4.69, 9.17) is 17.0 Å². The zero-order chi connectivity index (χ0) is 12.0. The number of H-pyrrole nitrogens is 1. The SMILES string of the molecule is Cc1nn(C)c2c1[nH]c(=S)n2CC1CCCO1. The van der Waals surface area contributed by atoms with Crippen LogP contribution in [0.25, 0.3) is 11.2 Å². The van der Waals surface area contributed by atoms with Crippen LogP contribution in [0.5, 0.6) is 0 Å². The van der Waals surface area contributed by atoms with Crippen molar-refractivity contribution in [2.45, 2.75) is 32.4 Å². The van der Waals surface area contributed by atoms with Gasteiger partial charge >= 0.3 is 0 Å². The van der Waals surface area contributed by atoms with Crippen molar-refractivity contribution in [3.63, 3.8) is 0 Å². The summed E-state index contributed by atoms with van der Waals surface area (Å²) in [4.78, 5) is 3.23. The van der Waals surface area contributed by atoms with Crippen molar-refractivity contribution in [2.24, 2.45) is 7.05 Å². The first-order valence-electron chi connectivity index (χ1n) is 5.90. The maximum atomic E-state index is 5.67. The molecule has 0 aromatic carbocycles. The van der Waals surface area contributed by atoms with Crippen molar-refractivity contribution in [3.05, 3.63) is 10.5 Å². The molecular weight excluding hydrogens is 236 g/mol. The molecule has 0 aliphatic carbocycles. The molecule has 0 saturated carbocycles. The second kappa shape index (κ2) is 3.96. The summed E-state index contributed by atoms with van der Waals surface area (Å²) in [6.07, 6.45) is 2.55. The minimum atomic E-state index is 0.288. The van der Waals surface area contributed by atoms with Crippen molar-refractivity contribution in [1.29, 1.82) is 0 Å². The van der Waals surface area contributed by atoms with Crippen molar-refractivity contribution >= 4 is 23.4 Å². The van der Waals surface area contributed by atoms with Crippen LogP contribution in [-0.4, -0.2) is 32.0 Å². The number of aryl methyl sites for hydroxylation is 2. The molecule has 92 valence electrons. The van der Waals surface area contributed by atoms with Crippen molar-refractivity contribution in [3.8, 4) is 0 Å². The predicted octanol–water partition coefficient (Wildman–Crippen LogP) is 1.92. The molecular formula is C11H16N4OS. The van der Waals surface area contributed by atoms with E-state index in [9.17, 15) is 0 Å². The van der Waals surface area contributed by atoms with Crippen LogP contribution in [0.4, 0.5) is 0 Å². The summed E-state index contributed by atoms with van der Waals surface area (Å²) in [5.41, 5.74) is 3.08. The van der Waals surface area contributed by atoms with Crippen LogP contribution in [0.1, 0.15) is 18.5 Å². The van der Waals surface area contributed by atoms with E-state index < -0.39 is 0 Å². The number of hydrogen-bond acceptors (Lipinski definition) is 3. The smallest absolute Gasteiger partial charge is 0.179 e. The monoisotopic (exact) mass is 252 g/mol. The van der Waals surface area contributed by atoms with Crippen LogP contribution in [0.15, 0.2) is 0 Å². The van der Waals surface area contributed by atoms with Crippen LogP contribution in [-0.2, 0) is 18.3 Å². The maximum absolute atomic E-state index is 5.67. The number of hydrogen-bond donors (Lipinski definition) is 1. The Hall–Kier alpha value is -1.14. The second-order valence-corrected chi connectivity index (χ2v) is 4.97. The molecule has 0 spiro atoms. The van der Waals surface area contributed by atoms with Gasteiger partial charge in [-0.15, -0.1) is 0 Å². The summed E-state index contributed by atoms with van der Waals surface area (Å²) in [7, 11) is 1.95. The van der Waals surface area contributed by atoms with E-state index >= 15 is 0 Å². The van der Waals surface area contributed by atoms with Gasteiger partial charge in [-0.05, 0) is 32.0 Å². The van der Waals surface area contributed by atoms with E-state index in [1.165, 1.54) is 0 Å². The second-order valence-electron chi connectivity index (χ2n) is 4.58. The minimum Gasteiger partial charge on any atom is -0.376 e. The highest BCUT2D eigenvalue weighted by atomic mass is 32.1. The zero-order valence-electron chi connectivity index (χ0n) is 10.1. The van der Waals surface area contributed by atoms with Gasteiger partial charge in [-0.1, -0.05) is 0 Å². The first-order chi connectivity index (χ1) is 8.16. The fraction of sp³-hybridized carbons (Fsp3) is 0.636. The molecule has 1 aliphatic rings. The molecule has 6 heteroatoms. The Morgan fingerprint density at radius 3 is 3.12 bits per heavy atom. The average Bonchev–Trinajstić information content (AvgIpc) is 2.93. The Labute approximate surface area is 104 Å². The Bertz CT molecular complexity index is 603. The Kier molecular flexibility index (Phi) is 2.56. The number of nitrogens with one attached hydrogen (secondary N) is 1. The maximum Gasteiger partial charge on any atom is 0.179 e. The Morgan fingerprint density at radius 2 is 2.41 bits per heavy atom. The lowest BCUT2D eigenvalue weighted by atomic mass is 10.2. The quantitative estimate of drug-likeness (QED) is 0.831. The number of aromatic amines is 1. The standard InChI is InChI=1S/C11H16N4OS/c1-7-9-10(14(2)13-7)15(11(17)12-9)6-8-4-3-5-16-8/h8H,3-6H2,1-2H3,(H,12,17). The molecule has 3 heterocycles. The molecule has 1 saturated heterocycles. The van der Waals surface area contributed by atoms with Gasteiger partial charge in [-0.2, -0.15) is 5.10 Å². The molecule has 2 aromatic rings. The lowest BCUT2D eigenvalue weighted by Gasteiger charge is -2.10. The van der Waals surface area contributed by atoms with Gasteiger partial charge in [0.2, 0.25) is 0 Å². The molecule has 1 aliphatic heterocycles. The van der Waals surface area contributed by atoms with Crippen LogP contribution < -0.4 is 0 Å². The number of aromatic nitrogens is 4. The normalized spacial score (nSPS) is 20.5.